The monoisotopic (exact) mass is 452 g/mol. The number of halogens is 1. The zero-order chi connectivity index (χ0) is 22.2. The summed E-state index contributed by atoms with van der Waals surface area (Å²) in [5, 5.41) is 1.33. The van der Waals surface area contributed by atoms with Gasteiger partial charge in [0.25, 0.3) is 0 Å². The van der Waals surface area contributed by atoms with E-state index in [0.717, 1.165) is 57.3 Å². The third-order valence-corrected chi connectivity index (χ3v) is 8.35. The molecule has 3 heterocycles. The van der Waals surface area contributed by atoms with Gasteiger partial charge in [0.15, 0.2) is 0 Å². The normalized spacial score (nSPS) is 20.5. The van der Waals surface area contributed by atoms with E-state index in [1.807, 2.05) is 23.5 Å². The summed E-state index contributed by atoms with van der Waals surface area (Å²) in [6, 6.07) is 6.90. The Bertz CT molecular complexity index is 1090. The van der Waals surface area contributed by atoms with Gasteiger partial charge in [-0.25, -0.2) is 14.4 Å². The number of hydrogen-bond donors (Lipinski definition) is 0. The van der Waals surface area contributed by atoms with Crippen LogP contribution in [-0.4, -0.2) is 41.0 Å². The average Bonchev–Trinajstić information content (AvgIpc) is 3.17. The van der Waals surface area contributed by atoms with Gasteiger partial charge in [-0.15, -0.1) is 11.3 Å². The second kappa shape index (κ2) is 9.06. The summed E-state index contributed by atoms with van der Waals surface area (Å²) in [5.41, 5.74) is 2.69. The van der Waals surface area contributed by atoms with E-state index in [1.54, 1.807) is 12.1 Å². The Morgan fingerprint density at radius 2 is 1.88 bits per heavy atom. The third kappa shape index (κ3) is 4.27. The summed E-state index contributed by atoms with van der Waals surface area (Å²) < 4.78 is 13.2. The molecule has 1 aromatic carbocycles. The molecule has 4 nitrogen and oxygen atoms in total. The van der Waals surface area contributed by atoms with E-state index in [4.69, 9.17) is 9.97 Å². The van der Waals surface area contributed by atoms with Crippen LogP contribution in [0.4, 0.5) is 10.2 Å². The largest absolute Gasteiger partial charge is 0.353 e. The Hall–Kier alpha value is -2.05. The molecule has 6 heteroatoms. The van der Waals surface area contributed by atoms with Gasteiger partial charge in [-0.1, -0.05) is 32.9 Å². The lowest BCUT2D eigenvalue weighted by atomic mass is 9.89. The van der Waals surface area contributed by atoms with Crippen molar-refractivity contribution in [3.8, 4) is 0 Å². The number of rotatable bonds is 5. The van der Waals surface area contributed by atoms with E-state index in [9.17, 15) is 4.39 Å². The van der Waals surface area contributed by atoms with Gasteiger partial charge in [-0.2, -0.15) is 0 Å². The van der Waals surface area contributed by atoms with E-state index in [1.165, 1.54) is 44.9 Å². The number of nitrogens with zero attached hydrogens (tertiary/aromatic N) is 4. The molecular weight excluding hydrogens is 419 g/mol. The molecule has 0 bridgehead atoms. The van der Waals surface area contributed by atoms with Crippen LogP contribution in [0, 0.1) is 11.7 Å². The van der Waals surface area contributed by atoms with Crippen LogP contribution in [0.15, 0.2) is 24.3 Å². The highest BCUT2D eigenvalue weighted by Crippen LogP contribution is 2.41. The number of hydrogen-bond acceptors (Lipinski definition) is 5. The van der Waals surface area contributed by atoms with Gasteiger partial charge in [0, 0.05) is 43.5 Å². The molecule has 0 amide bonds. The van der Waals surface area contributed by atoms with Crippen molar-refractivity contribution in [1.82, 2.24) is 14.9 Å². The van der Waals surface area contributed by atoms with Crippen LogP contribution < -0.4 is 4.90 Å². The lowest BCUT2D eigenvalue weighted by Crippen LogP contribution is -2.46. The number of aromatic nitrogens is 2. The van der Waals surface area contributed by atoms with Crippen molar-refractivity contribution >= 4 is 27.4 Å². The quantitative estimate of drug-likeness (QED) is 0.490. The van der Waals surface area contributed by atoms with E-state index in [0.29, 0.717) is 5.92 Å². The minimum atomic E-state index is -0.169. The van der Waals surface area contributed by atoms with Crippen LogP contribution in [0.2, 0.25) is 0 Å². The average molecular weight is 453 g/mol. The Labute approximate surface area is 194 Å². The number of thiophene rings is 1. The molecule has 1 aliphatic heterocycles. The predicted molar refractivity (Wildman–Crippen MR) is 131 cm³/mol. The van der Waals surface area contributed by atoms with Crippen molar-refractivity contribution in [2.75, 3.05) is 31.1 Å². The molecule has 32 heavy (non-hydrogen) atoms. The van der Waals surface area contributed by atoms with Crippen molar-refractivity contribution in [1.29, 1.82) is 0 Å². The molecule has 2 aromatic heterocycles. The Balaban J connectivity index is 1.42. The fourth-order valence-corrected chi connectivity index (χ4v) is 6.32. The Morgan fingerprint density at radius 3 is 2.59 bits per heavy atom. The summed E-state index contributed by atoms with van der Waals surface area (Å²) in [5.74, 6) is 3.12. The molecular formula is C26H33FN4S. The number of benzene rings is 1. The number of anilines is 1. The van der Waals surface area contributed by atoms with Gasteiger partial charge >= 0.3 is 0 Å². The maximum atomic E-state index is 13.2. The highest BCUT2D eigenvalue weighted by molar-refractivity contribution is 7.19. The smallest absolute Gasteiger partial charge is 0.141 e. The van der Waals surface area contributed by atoms with Crippen molar-refractivity contribution in [3.05, 3.63) is 51.9 Å². The summed E-state index contributed by atoms with van der Waals surface area (Å²) in [6.07, 6.45) is 4.65. The van der Waals surface area contributed by atoms with Gasteiger partial charge in [0.1, 0.15) is 22.3 Å². The van der Waals surface area contributed by atoms with Gasteiger partial charge < -0.3 is 4.90 Å². The minimum Gasteiger partial charge on any atom is -0.353 e. The summed E-state index contributed by atoms with van der Waals surface area (Å²) in [7, 11) is 0. The van der Waals surface area contributed by atoms with Crippen molar-refractivity contribution in [3.63, 3.8) is 0 Å². The molecule has 1 fully saturated rings. The highest BCUT2D eigenvalue weighted by atomic mass is 32.1. The SMILES string of the molecule is CC[C@H](C)c1nc(N2CCN(Cc3ccc(F)cc3)CC2)c2c3c(sc2n1)C[C@@H](C)CC3. The molecule has 0 N–H and O–H groups in total. The standard InChI is InChI=1S/C26H33FN4S/c1-4-18(3)24-28-25(23-21-10-5-17(2)15-22(21)32-26(23)29-24)31-13-11-30(12-14-31)16-19-6-8-20(27)9-7-19/h6-9,17-18H,4-5,10-16H2,1-3H3/t17-,18-/m0/s1. The van der Waals surface area contributed by atoms with Gasteiger partial charge in [0.05, 0.1) is 5.39 Å². The van der Waals surface area contributed by atoms with E-state index in [-0.39, 0.29) is 5.82 Å². The second-order valence-corrected chi connectivity index (χ2v) is 10.7. The first kappa shape index (κ1) is 21.8. The molecule has 0 unspecified atom stereocenters. The van der Waals surface area contributed by atoms with E-state index < -0.39 is 0 Å². The maximum Gasteiger partial charge on any atom is 0.141 e. The lowest BCUT2D eigenvalue weighted by Gasteiger charge is -2.36. The van der Waals surface area contributed by atoms with Crippen LogP contribution in [0.25, 0.3) is 10.2 Å². The van der Waals surface area contributed by atoms with Gasteiger partial charge in [-0.3, -0.25) is 4.90 Å². The van der Waals surface area contributed by atoms with E-state index in [2.05, 4.69) is 30.6 Å². The molecule has 170 valence electrons. The molecule has 1 aliphatic carbocycles. The first-order valence-corrected chi connectivity index (χ1v) is 12.9. The fourth-order valence-electron chi connectivity index (χ4n) is 4.94. The van der Waals surface area contributed by atoms with Crippen molar-refractivity contribution in [2.24, 2.45) is 5.92 Å². The van der Waals surface area contributed by atoms with Crippen LogP contribution in [0.3, 0.4) is 0 Å². The van der Waals surface area contributed by atoms with Gasteiger partial charge in [0.2, 0.25) is 0 Å². The van der Waals surface area contributed by atoms with Crippen LogP contribution >= 0.6 is 11.3 Å². The second-order valence-electron chi connectivity index (χ2n) is 9.64. The van der Waals surface area contributed by atoms with Crippen LogP contribution in [0.1, 0.15) is 61.4 Å². The Kier molecular flexibility index (Phi) is 6.17. The summed E-state index contributed by atoms with van der Waals surface area (Å²) in [6.45, 7) is 11.6. The molecule has 2 aliphatic rings. The number of aryl methyl sites for hydroxylation is 1. The molecule has 3 aromatic rings. The maximum absolute atomic E-state index is 13.2. The van der Waals surface area contributed by atoms with E-state index >= 15 is 0 Å². The minimum absolute atomic E-state index is 0.169. The Morgan fingerprint density at radius 1 is 1.12 bits per heavy atom. The summed E-state index contributed by atoms with van der Waals surface area (Å²) in [4.78, 5) is 17.9. The van der Waals surface area contributed by atoms with Crippen LogP contribution in [-0.2, 0) is 19.4 Å². The lowest BCUT2D eigenvalue weighted by molar-refractivity contribution is 0.249. The third-order valence-electron chi connectivity index (χ3n) is 7.20. The predicted octanol–water partition coefficient (Wildman–Crippen LogP) is 5.79. The molecule has 1 saturated heterocycles. The van der Waals surface area contributed by atoms with Crippen molar-refractivity contribution in [2.45, 2.75) is 58.9 Å². The highest BCUT2D eigenvalue weighted by Gasteiger charge is 2.28. The molecule has 0 saturated carbocycles. The van der Waals surface area contributed by atoms with Crippen molar-refractivity contribution < 1.29 is 4.39 Å². The summed E-state index contributed by atoms with van der Waals surface area (Å²) >= 11 is 1.91. The fraction of sp³-hybridized carbons (Fsp3) is 0.538. The van der Waals surface area contributed by atoms with Gasteiger partial charge in [-0.05, 0) is 54.9 Å². The topological polar surface area (TPSA) is 32.3 Å². The zero-order valence-corrected chi connectivity index (χ0v) is 20.2. The first-order chi connectivity index (χ1) is 15.5. The zero-order valence-electron chi connectivity index (χ0n) is 19.4. The molecule has 5 rings (SSSR count). The first-order valence-electron chi connectivity index (χ1n) is 12.1. The molecule has 2 atom stereocenters. The molecule has 0 spiro atoms. The molecule has 0 radical (unpaired) electrons. The number of piperazine rings is 1. The van der Waals surface area contributed by atoms with Crippen LogP contribution in [0.5, 0.6) is 0 Å². The number of fused-ring (bicyclic) bond motifs is 3.